The first-order chi connectivity index (χ1) is 20.1. The molecule has 2 saturated heterocycles. The second-order valence-corrected chi connectivity index (χ2v) is 10.9. The molecule has 7 atom stereocenters. The third kappa shape index (κ3) is 6.52. The second kappa shape index (κ2) is 12.5. The Kier molecular flexibility index (Phi) is 9.00. The van der Waals surface area contributed by atoms with Gasteiger partial charge in [0, 0.05) is 26.1 Å². The molecule has 1 unspecified atom stereocenters. The van der Waals surface area contributed by atoms with E-state index in [1.165, 1.54) is 12.7 Å². The summed E-state index contributed by atoms with van der Waals surface area (Å²) < 4.78 is 49.7. The molecule has 5 heterocycles. The van der Waals surface area contributed by atoms with E-state index < -0.39 is 55.9 Å². The normalized spacial score (nSPS) is 27.5. The number of H-pyrrole nitrogens is 1. The molecule has 19 nitrogen and oxygen atoms in total. The van der Waals surface area contributed by atoms with Crippen molar-refractivity contribution in [3.8, 4) is 0 Å². The molecule has 0 aliphatic carbocycles. The molecule has 2 aliphatic rings. The zero-order valence-electron chi connectivity index (χ0n) is 22.8. The molecule has 42 heavy (non-hydrogen) atoms. The summed E-state index contributed by atoms with van der Waals surface area (Å²) in [6.45, 7) is 3.94. The van der Waals surface area contributed by atoms with Crippen molar-refractivity contribution in [1.82, 2.24) is 34.1 Å². The van der Waals surface area contributed by atoms with Gasteiger partial charge in [-0.05, 0) is 13.8 Å². The third-order valence-corrected chi connectivity index (χ3v) is 7.73. The number of nitrogen functional groups attached to an aromatic ring is 2. The number of imidazole rings is 1. The summed E-state index contributed by atoms with van der Waals surface area (Å²) in [5.41, 5.74) is 10.3. The Balaban J connectivity index is 1.26. The molecule has 2 fully saturated rings. The lowest BCUT2D eigenvalue weighted by molar-refractivity contribution is -0.0704. The molecule has 0 radical (unpaired) electrons. The van der Waals surface area contributed by atoms with Gasteiger partial charge in [-0.15, -0.1) is 0 Å². The van der Waals surface area contributed by atoms with Crippen LogP contribution in [0, 0.1) is 0 Å². The van der Waals surface area contributed by atoms with Crippen LogP contribution in [0.2, 0.25) is 0 Å². The van der Waals surface area contributed by atoms with Crippen molar-refractivity contribution < 1.29 is 37.5 Å². The number of fused-ring (bicyclic) bond motifs is 1. The van der Waals surface area contributed by atoms with Gasteiger partial charge >= 0.3 is 13.5 Å². The number of hydrogen-bond donors (Lipinski definition) is 4. The summed E-state index contributed by atoms with van der Waals surface area (Å²) in [6.07, 6.45) is -1.77. The van der Waals surface area contributed by atoms with E-state index in [4.69, 9.17) is 39.5 Å². The minimum atomic E-state index is -4.68. The molecule has 0 saturated carbocycles. The predicted octanol–water partition coefficient (Wildman–Crippen LogP) is -0.545. The Bertz CT molecular complexity index is 1560. The number of nitrogens with zero attached hydrogens (tertiary/aromatic N) is 6. The number of ether oxygens (including phenoxy) is 4. The Morgan fingerprint density at radius 1 is 1.02 bits per heavy atom. The highest BCUT2D eigenvalue weighted by Crippen LogP contribution is 2.49. The smallest absolute Gasteiger partial charge is 0.379 e. The standard InChI is InChI=1S/C22H32N9O10P/c1-3-36-7-13-12(6-16(39-13)31-10-26-20(23)29-22(31)33)41-42(34,35)38-8-14-11(37-4-2)5-15(40-14)30-9-25-17-18(30)27-21(24)28-19(17)32/h9-16H,3-8H2,1-2H3,(H,34,35)(H2,23,29,33)(H3,24,27,28,32)/t11-,12-,13-,14-,15-,16-/m1/s1. The molecule has 230 valence electrons. The maximum absolute atomic E-state index is 13.1. The Morgan fingerprint density at radius 2 is 1.71 bits per heavy atom. The summed E-state index contributed by atoms with van der Waals surface area (Å²) in [7, 11) is -4.68. The average Bonchev–Trinajstić information content (AvgIpc) is 3.63. The number of aromatic nitrogens is 7. The third-order valence-electron chi connectivity index (χ3n) is 6.72. The number of nitrogens with two attached hydrogens (primary N) is 2. The van der Waals surface area contributed by atoms with E-state index >= 15 is 0 Å². The van der Waals surface area contributed by atoms with Crippen molar-refractivity contribution in [2.75, 3.05) is 37.9 Å². The topological polar surface area (TPSA) is 256 Å². The molecule has 2 aliphatic heterocycles. The van der Waals surface area contributed by atoms with Gasteiger partial charge in [-0.25, -0.2) is 19.3 Å². The quantitative estimate of drug-likeness (QED) is 0.187. The number of anilines is 2. The average molecular weight is 614 g/mol. The van der Waals surface area contributed by atoms with Gasteiger partial charge in [-0.3, -0.25) is 28.0 Å². The first-order valence-corrected chi connectivity index (χ1v) is 14.7. The van der Waals surface area contributed by atoms with Crippen molar-refractivity contribution in [2.45, 2.75) is 63.6 Å². The van der Waals surface area contributed by atoms with Crippen molar-refractivity contribution >= 4 is 30.9 Å². The van der Waals surface area contributed by atoms with Crippen LogP contribution in [-0.4, -0.2) is 89.8 Å². The highest BCUT2D eigenvalue weighted by atomic mass is 31.2. The Labute approximate surface area is 237 Å². The Morgan fingerprint density at radius 3 is 2.43 bits per heavy atom. The SMILES string of the molecule is CCOC[C@H]1O[C@@H](n2cnc(N)nc2=O)C[C@H]1OP(=O)(O)OC[C@H]1O[C@@H](n2cnc3c(=O)[nH]c(N)nc32)C[C@H]1OCC. The van der Waals surface area contributed by atoms with Crippen molar-refractivity contribution in [2.24, 2.45) is 0 Å². The van der Waals surface area contributed by atoms with Crippen LogP contribution < -0.4 is 22.7 Å². The van der Waals surface area contributed by atoms with Crippen LogP contribution in [0.25, 0.3) is 11.2 Å². The minimum absolute atomic E-state index is 0.00533. The van der Waals surface area contributed by atoms with Gasteiger partial charge < -0.3 is 35.3 Å². The van der Waals surface area contributed by atoms with Gasteiger partial charge in [-0.2, -0.15) is 9.97 Å². The van der Waals surface area contributed by atoms with Crippen LogP contribution in [-0.2, 0) is 32.6 Å². The molecule has 6 N–H and O–H groups in total. The minimum Gasteiger partial charge on any atom is -0.379 e. The van der Waals surface area contributed by atoms with Gasteiger partial charge in [-0.1, -0.05) is 0 Å². The van der Waals surface area contributed by atoms with E-state index in [0.29, 0.717) is 19.6 Å². The molecular weight excluding hydrogens is 581 g/mol. The largest absolute Gasteiger partial charge is 0.472 e. The fraction of sp³-hybridized carbons (Fsp3) is 0.636. The van der Waals surface area contributed by atoms with Crippen LogP contribution in [0.3, 0.4) is 0 Å². The predicted molar refractivity (Wildman–Crippen MR) is 143 cm³/mol. The molecule has 20 heteroatoms. The van der Waals surface area contributed by atoms with E-state index in [2.05, 4.69) is 24.9 Å². The van der Waals surface area contributed by atoms with Gasteiger partial charge in [0.15, 0.2) is 11.2 Å². The van der Waals surface area contributed by atoms with E-state index in [9.17, 15) is 19.0 Å². The van der Waals surface area contributed by atoms with E-state index in [0.717, 1.165) is 4.57 Å². The maximum Gasteiger partial charge on any atom is 0.472 e. The summed E-state index contributed by atoms with van der Waals surface area (Å²) in [5, 5.41) is 0. The lowest BCUT2D eigenvalue weighted by Crippen LogP contribution is -2.31. The van der Waals surface area contributed by atoms with Crippen LogP contribution in [0.1, 0.15) is 39.1 Å². The van der Waals surface area contributed by atoms with Crippen molar-refractivity contribution in [3.05, 3.63) is 33.5 Å². The molecule has 3 aromatic rings. The summed E-state index contributed by atoms with van der Waals surface area (Å²) >= 11 is 0. The first-order valence-electron chi connectivity index (χ1n) is 13.2. The molecule has 0 aromatic carbocycles. The summed E-state index contributed by atoms with van der Waals surface area (Å²) in [6, 6.07) is 0. The Hall–Kier alpha value is -3.29. The summed E-state index contributed by atoms with van der Waals surface area (Å²) in [4.78, 5) is 53.1. The highest BCUT2D eigenvalue weighted by molar-refractivity contribution is 7.47. The first kappa shape index (κ1) is 30.2. The number of hydrogen-bond acceptors (Lipinski definition) is 15. The lowest BCUT2D eigenvalue weighted by Gasteiger charge is -2.23. The molecule has 3 aromatic heterocycles. The molecule has 0 amide bonds. The number of rotatable bonds is 12. The van der Waals surface area contributed by atoms with E-state index in [1.807, 2.05) is 0 Å². The maximum atomic E-state index is 13.1. The second-order valence-electron chi connectivity index (χ2n) is 9.47. The monoisotopic (exact) mass is 613 g/mol. The number of nitrogens with one attached hydrogen (secondary N) is 1. The summed E-state index contributed by atoms with van der Waals surface area (Å²) in [5.74, 6) is -0.278. The molecule has 0 bridgehead atoms. The van der Waals surface area contributed by atoms with Gasteiger partial charge in [0.2, 0.25) is 11.9 Å². The fourth-order valence-corrected chi connectivity index (χ4v) is 5.81. The van der Waals surface area contributed by atoms with Crippen molar-refractivity contribution in [1.29, 1.82) is 0 Å². The van der Waals surface area contributed by atoms with Crippen molar-refractivity contribution in [3.63, 3.8) is 0 Å². The molecule has 0 spiro atoms. The lowest BCUT2D eigenvalue weighted by atomic mass is 10.2. The van der Waals surface area contributed by atoms with Gasteiger partial charge in [0.25, 0.3) is 5.56 Å². The van der Waals surface area contributed by atoms with Crippen LogP contribution in [0.15, 0.2) is 22.2 Å². The van der Waals surface area contributed by atoms with E-state index in [1.54, 1.807) is 18.4 Å². The molecular formula is C22H32N9O10P. The zero-order chi connectivity index (χ0) is 30.0. The van der Waals surface area contributed by atoms with Crippen LogP contribution >= 0.6 is 7.82 Å². The van der Waals surface area contributed by atoms with Gasteiger partial charge in [0.05, 0.1) is 25.6 Å². The van der Waals surface area contributed by atoms with Crippen LogP contribution in [0.5, 0.6) is 0 Å². The fourth-order valence-electron chi connectivity index (χ4n) is 4.85. The zero-order valence-corrected chi connectivity index (χ0v) is 23.7. The van der Waals surface area contributed by atoms with Crippen LogP contribution in [0.4, 0.5) is 11.9 Å². The number of phosphoric acid groups is 1. The van der Waals surface area contributed by atoms with E-state index in [-0.39, 0.29) is 42.7 Å². The number of aromatic amines is 1. The highest BCUT2D eigenvalue weighted by Gasteiger charge is 2.44. The van der Waals surface area contributed by atoms with Gasteiger partial charge in [0.1, 0.15) is 37.1 Å². The number of phosphoric ester groups is 1. The molecule has 5 rings (SSSR count).